The number of piperidine rings is 1. The fraction of sp³-hybridized carbons (Fsp3) is 0.273. The Labute approximate surface area is 178 Å². The number of carbonyl (C=O) groups excluding carboxylic acids is 2. The van der Waals surface area contributed by atoms with Crippen LogP contribution in [0.15, 0.2) is 48.2 Å². The van der Waals surface area contributed by atoms with E-state index in [0.29, 0.717) is 30.2 Å². The van der Waals surface area contributed by atoms with Gasteiger partial charge in [0.15, 0.2) is 11.5 Å². The average Bonchev–Trinajstić information content (AvgIpc) is 3.28. The zero-order valence-electron chi connectivity index (χ0n) is 16.7. The van der Waals surface area contributed by atoms with Gasteiger partial charge in [-0.15, -0.1) is 0 Å². The summed E-state index contributed by atoms with van der Waals surface area (Å²) < 4.78 is 10.9. The molecular formula is C22H21N3O6. The van der Waals surface area contributed by atoms with Crippen LogP contribution in [0.25, 0.3) is 6.08 Å². The number of ether oxygens (including phenoxy) is 2. The Bertz CT molecular complexity index is 1040. The van der Waals surface area contributed by atoms with Gasteiger partial charge in [-0.2, -0.15) is 0 Å². The van der Waals surface area contributed by atoms with Crippen molar-refractivity contribution < 1.29 is 24.0 Å². The number of hydrogen-bond acceptors (Lipinski definition) is 6. The van der Waals surface area contributed by atoms with Crippen molar-refractivity contribution in [3.63, 3.8) is 0 Å². The minimum Gasteiger partial charge on any atom is -0.454 e. The molecule has 2 aliphatic heterocycles. The number of nitrogens with zero attached hydrogens (tertiary/aromatic N) is 2. The molecule has 2 aliphatic rings. The van der Waals surface area contributed by atoms with E-state index in [4.69, 9.17) is 9.47 Å². The van der Waals surface area contributed by atoms with Crippen molar-refractivity contribution >= 4 is 23.6 Å². The SMILES string of the molecule is O=C(NC(=Cc1cccc2c1OCO2)C(=O)N1CCCCC1)c1ccc([N+](=O)[O-])cc1. The maximum absolute atomic E-state index is 13.2. The summed E-state index contributed by atoms with van der Waals surface area (Å²) in [6.45, 7) is 1.33. The predicted octanol–water partition coefficient (Wildman–Crippen LogP) is 3.11. The minimum absolute atomic E-state index is 0.0880. The topological polar surface area (TPSA) is 111 Å². The zero-order chi connectivity index (χ0) is 21.8. The normalized spacial score (nSPS) is 15.5. The molecule has 0 unspecified atom stereocenters. The van der Waals surface area contributed by atoms with Crippen LogP contribution in [0.4, 0.5) is 5.69 Å². The average molecular weight is 423 g/mol. The Morgan fingerprint density at radius 1 is 1.03 bits per heavy atom. The lowest BCUT2D eigenvalue weighted by molar-refractivity contribution is -0.384. The quantitative estimate of drug-likeness (QED) is 0.449. The first kappa shape index (κ1) is 20.4. The molecule has 9 nitrogen and oxygen atoms in total. The Hall–Kier alpha value is -3.88. The van der Waals surface area contributed by atoms with Crippen molar-refractivity contribution in [3.8, 4) is 11.5 Å². The van der Waals surface area contributed by atoms with Crippen LogP contribution in [0.3, 0.4) is 0 Å². The molecule has 0 spiro atoms. The van der Waals surface area contributed by atoms with Crippen molar-refractivity contribution in [2.24, 2.45) is 0 Å². The highest BCUT2D eigenvalue weighted by Crippen LogP contribution is 2.36. The van der Waals surface area contributed by atoms with Gasteiger partial charge in [0.1, 0.15) is 5.70 Å². The first-order chi connectivity index (χ1) is 15.0. The Kier molecular flexibility index (Phi) is 5.83. The van der Waals surface area contributed by atoms with Crippen LogP contribution >= 0.6 is 0 Å². The van der Waals surface area contributed by atoms with Crippen LogP contribution in [0.1, 0.15) is 35.2 Å². The number of fused-ring (bicyclic) bond motifs is 1. The summed E-state index contributed by atoms with van der Waals surface area (Å²) in [5, 5.41) is 13.5. The number of nitro benzene ring substituents is 1. The number of benzene rings is 2. The molecular weight excluding hydrogens is 402 g/mol. The van der Waals surface area contributed by atoms with Crippen LogP contribution in [0.5, 0.6) is 11.5 Å². The van der Waals surface area contributed by atoms with Gasteiger partial charge in [0.2, 0.25) is 6.79 Å². The first-order valence-corrected chi connectivity index (χ1v) is 9.98. The molecule has 0 aliphatic carbocycles. The van der Waals surface area contributed by atoms with E-state index in [0.717, 1.165) is 19.3 Å². The molecule has 1 fully saturated rings. The Morgan fingerprint density at radius 3 is 2.48 bits per heavy atom. The van der Waals surface area contributed by atoms with Crippen molar-refractivity contribution in [2.75, 3.05) is 19.9 Å². The summed E-state index contributed by atoms with van der Waals surface area (Å²) in [7, 11) is 0. The van der Waals surface area contributed by atoms with Gasteiger partial charge in [0, 0.05) is 36.3 Å². The van der Waals surface area contributed by atoms with E-state index < -0.39 is 10.8 Å². The van der Waals surface area contributed by atoms with Gasteiger partial charge in [-0.3, -0.25) is 19.7 Å². The Morgan fingerprint density at radius 2 is 1.77 bits per heavy atom. The maximum Gasteiger partial charge on any atom is 0.270 e. The van der Waals surface area contributed by atoms with Crippen molar-refractivity contribution in [2.45, 2.75) is 19.3 Å². The molecule has 0 saturated carbocycles. The second-order valence-electron chi connectivity index (χ2n) is 7.25. The van der Waals surface area contributed by atoms with E-state index >= 15 is 0 Å². The van der Waals surface area contributed by atoms with Crippen molar-refractivity contribution in [1.29, 1.82) is 0 Å². The number of amides is 2. The molecule has 0 bridgehead atoms. The van der Waals surface area contributed by atoms with Crippen molar-refractivity contribution in [1.82, 2.24) is 10.2 Å². The molecule has 1 N–H and O–H groups in total. The lowest BCUT2D eigenvalue weighted by Gasteiger charge is -2.27. The molecule has 2 amide bonds. The lowest BCUT2D eigenvalue weighted by atomic mass is 10.1. The third-order valence-corrected chi connectivity index (χ3v) is 5.19. The van der Waals surface area contributed by atoms with E-state index in [1.807, 2.05) is 0 Å². The maximum atomic E-state index is 13.2. The molecule has 0 aromatic heterocycles. The van der Waals surface area contributed by atoms with E-state index in [2.05, 4.69) is 5.32 Å². The van der Waals surface area contributed by atoms with Crippen LogP contribution in [-0.2, 0) is 4.79 Å². The van der Waals surface area contributed by atoms with Gasteiger partial charge in [-0.1, -0.05) is 12.1 Å². The largest absolute Gasteiger partial charge is 0.454 e. The summed E-state index contributed by atoms with van der Waals surface area (Å²) in [5.41, 5.74) is 0.808. The summed E-state index contributed by atoms with van der Waals surface area (Å²) in [6.07, 6.45) is 4.46. The molecule has 0 radical (unpaired) electrons. The number of para-hydroxylation sites is 1. The van der Waals surface area contributed by atoms with Gasteiger partial charge in [-0.25, -0.2) is 0 Å². The van der Waals surface area contributed by atoms with Crippen LogP contribution in [0.2, 0.25) is 0 Å². The second kappa shape index (κ2) is 8.86. The van der Waals surface area contributed by atoms with Crippen LogP contribution < -0.4 is 14.8 Å². The number of carbonyl (C=O) groups is 2. The Balaban J connectivity index is 1.63. The van der Waals surface area contributed by atoms with Gasteiger partial charge >= 0.3 is 0 Å². The van der Waals surface area contributed by atoms with Crippen molar-refractivity contribution in [3.05, 3.63) is 69.4 Å². The summed E-state index contributed by atoms with van der Waals surface area (Å²) >= 11 is 0. The molecule has 31 heavy (non-hydrogen) atoms. The molecule has 2 aromatic carbocycles. The molecule has 0 atom stereocenters. The summed E-state index contributed by atoms with van der Waals surface area (Å²) in [5.74, 6) is 0.263. The molecule has 160 valence electrons. The number of rotatable bonds is 5. The number of nitro groups is 1. The minimum atomic E-state index is -0.537. The first-order valence-electron chi connectivity index (χ1n) is 9.98. The monoisotopic (exact) mass is 423 g/mol. The third kappa shape index (κ3) is 4.50. The number of nitrogens with one attached hydrogen (secondary N) is 1. The van der Waals surface area contributed by atoms with E-state index in [1.54, 1.807) is 29.2 Å². The molecule has 2 aromatic rings. The third-order valence-electron chi connectivity index (χ3n) is 5.19. The molecule has 4 rings (SSSR count). The van der Waals surface area contributed by atoms with Crippen LogP contribution in [-0.4, -0.2) is 41.5 Å². The highest BCUT2D eigenvalue weighted by atomic mass is 16.7. The second-order valence-corrected chi connectivity index (χ2v) is 7.25. The highest BCUT2D eigenvalue weighted by Gasteiger charge is 2.24. The molecule has 9 heteroatoms. The zero-order valence-corrected chi connectivity index (χ0v) is 16.7. The highest BCUT2D eigenvalue weighted by molar-refractivity contribution is 6.05. The fourth-order valence-electron chi connectivity index (χ4n) is 3.57. The van der Waals surface area contributed by atoms with E-state index in [-0.39, 0.29) is 29.6 Å². The number of hydrogen-bond donors (Lipinski definition) is 1. The molecule has 2 heterocycles. The van der Waals surface area contributed by atoms with E-state index in [9.17, 15) is 19.7 Å². The van der Waals surface area contributed by atoms with Gasteiger partial charge < -0.3 is 19.7 Å². The van der Waals surface area contributed by atoms with Gasteiger partial charge in [0.25, 0.3) is 17.5 Å². The van der Waals surface area contributed by atoms with Gasteiger partial charge in [-0.05, 0) is 43.5 Å². The number of non-ortho nitro benzene ring substituents is 1. The smallest absolute Gasteiger partial charge is 0.270 e. The summed E-state index contributed by atoms with van der Waals surface area (Å²) in [4.78, 5) is 38.0. The van der Waals surface area contributed by atoms with Gasteiger partial charge in [0.05, 0.1) is 4.92 Å². The van der Waals surface area contributed by atoms with E-state index in [1.165, 1.54) is 24.3 Å². The summed E-state index contributed by atoms with van der Waals surface area (Å²) in [6, 6.07) is 10.5. The fourth-order valence-corrected chi connectivity index (χ4v) is 3.57. The van der Waals surface area contributed by atoms with Crippen LogP contribution in [0, 0.1) is 10.1 Å². The predicted molar refractivity (Wildman–Crippen MR) is 112 cm³/mol. The standard InChI is InChI=1S/C22H21N3O6/c26-21(15-7-9-17(10-8-15)25(28)29)23-18(22(27)24-11-2-1-3-12-24)13-16-5-4-6-19-20(16)31-14-30-19/h4-10,13H,1-3,11-12,14H2,(H,23,26). The lowest BCUT2D eigenvalue weighted by Crippen LogP contribution is -2.41. The number of likely N-dealkylation sites (tertiary alicyclic amines) is 1. The molecule has 1 saturated heterocycles.